The van der Waals surface area contributed by atoms with E-state index in [-0.39, 0.29) is 17.5 Å². The van der Waals surface area contributed by atoms with Gasteiger partial charge in [0.1, 0.15) is 15.7 Å². The number of rotatable bonds is 5. The van der Waals surface area contributed by atoms with Crippen molar-refractivity contribution < 1.29 is 13.2 Å². The van der Waals surface area contributed by atoms with Gasteiger partial charge in [0, 0.05) is 44.9 Å². The average Bonchev–Trinajstić information content (AvgIpc) is 3.15. The lowest BCUT2D eigenvalue weighted by Crippen LogP contribution is -2.62. The fourth-order valence-electron chi connectivity index (χ4n) is 5.18. The van der Waals surface area contributed by atoms with Crippen LogP contribution in [0.2, 0.25) is 0 Å². The molecule has 1 atom stereocenters. The summed E-state index contributed by atoms with van der Waals surface area (Å²) in [5.74, 6) is 2.92. The smallest absolute Gasteiger partial charge is 0.220 e. The number of amides is 1. The molecule has 0 aromatic carbocycles. The lowest BCUT2D eigenvalue weighted by molar-refractivity contribution is -0.122. The first-order valence-corrected chi connectivity index (χ1v) is 12.0. The molecule has 1 amide bonds. The van der Waals surface area contributed by atoms with Crippen molar-refractivity contribution in [2.45, 2.75) is 50.1 Å². The Bertz CT molecular complexity index is 825. The molecule has 1 aromatic heterocycles. The molecule has 0 radical (unpaired) electrons. The van der Waals surface area contributed by atoms with Gasteiger partial charge in [0.2, 0.25) is 5.91 Å². The molecule has 1 unspecified atom stereocenters. The highest BCUT2D eigenvalue weighted by molar-refractivity contribution is 7.91. The minimum Gasteiger partial charge on any atom is -0.346 e. The molecule has 0 bridgehead atoms. The molecule has 1 N–H and O–H groups in total. The van der Waals surface area contributed by atoms with E-state index in [1.807, 2.05) is 12.4 Å². The summed E-state index contributed by atoms with van der Waals surface area (Å²) in [5.41, 5.74) is 0.0457. The Morgan fingerprint density at radius 1 is 1.19 bits per heavy atom. The standard InChI is InChI=1S/C19H28N4O3S/c24-17(9-14-1-2-14)21-16-10-19(23-6-5-20-18(16)23)12-22(13-19)11-15-3-7-27(25,26)8-4-15/h5-6,14-16H,1-4,7-13H2,(H,21,24). The fraction of sp³-hybridized carbons (Fsp3) is 0.789. The Morgan fingerprint density at radius 3 is 2.63 bits per heavy atom. The number of hydrogen-bond donors (Lipinski definition) is 1. The van der Waals surface area contributed by atoms with Gasteiger partial charge in [-0.05, 0) is 37.5 Å². The van der Waals surface area contributed by atoms with Gasteiger partial charge >= 0.3 is 0 Å². The minimum atomic E-state index is -2.79. The summed E-state index contributed by atoms with van der Waals surface area (Å²) in [6, 6.07) is 0.0215. The molecule has 3 aliphatic heterocycles. The molecule has 1 saturated carbocycles. The van der Waals surface area contributed by atoms with Crippen LogP contribution >= 0.6 is 0 Å². The summed E-state index contributed by atoms with van der Waals surface area (Å²) in [6.45, 7) is 2.92. The average molecular weight is 393 g/mol. The van der Waals surface area contributed by atoms with E-state index < -0.39 is 9.84 Å². The van der Waals surface area contributed by atoms with Gasteiger partial charge in [-0.25, -0.2) is 13.4 Å². The molecule has 7 nitrogen and oxygen atoms in total. The number of sulfone groups is 1. The summed E-state index contributed by atoms with van der Waals surface area (Å²) in [7, 11) is -2.79. The van der Waals surface area contributed by atoms with Gasteiger partial charge in [-0.15, -0.1) is 0 Å². The summed E-state index contributed by atoms with van der Waals surface area (Å²) >= 11 is 0. The van der Waals surface area contributed by atoms with Gasteiger partial charge in [-0.3, -0.25) is 9.69 Å². The van der Waals surface area contributed by atoms with Crippen LogP contribution in [-0.2, 0) is 20.2 Å². The van der Waals surface area contributed by atoms with Gasteiger partial charge < -0.3 is 9.88 Å². The molecule has 148 valence electrons. The number of hydrogen-bond acceptors (Lipinski definition) is 5. The van der Waals surface area contributed by atoms with Crippen LogP contribution in [0.4, 0.5) is 0 Å². The van der Waals surface area contributed by atoms with Crippen LogP contribution in [0, 0.1) is 11.8 Å². The first-order chi connectivity index (χ1) is 12.9. The quantitative estimate of drug-likeness (QED) is 0.811. The van der Waals surface area contributed by atoms with E-state index in [9.17, 15) is 13.2 Å². The molecule has 5 rings (SSSR count). The highest BCUT2D eigenvalue weighted by Gasteiger charge is 2.52. The third-order valence-corrected chi connectivity index (χ3v) is 8.52. The van der Waals surface area contributed by atoms with E-state index >= 15 is 0 Å². The summed E-state index contributed by atoms with van der Waals surface area (Å²) in [5, 5.41) is 3.21. The largest absolute Gasteiger partial charge is 0.346 e. The van der Waals surface area contributed by atoms with E-state index in [1.54, 1.807) is 0 Å². The van der Waals surface area contributed by atoms with Crippen LogP contribution in [0.5, 0.6) is 0 Å². The first-order valence-electron chi connectivity index (χ1n) is 10.2. The number of nitrogens with zero attached hydrogens (tertiary/aromatic N) is 3. The van der Waals surface area contributed by atoms with Gasteiger partial charge in [-0.2, -0.15) is 0 Å². The van der Waals surface area contributed by atoms with Crippen molar-refractivity contribution >= 4 is 15.7 Å². The molecular weight excluding hydrogens is 364 g/mol. The molecule has 3 fully saturated rings. The van der Waals surface area contributed by atoms with Crippen LogP contribution in [0.15, 0.2) is 12.4 Å². The van der Waals surface area contributed by atoms with Crippen LogP contribution in [-0.4, -0.2) is 59.9 Å². The first kappa shape index (κ1) is 17.7. The number of imidazole rings is 1. The summed E-state index contributed by atoms with van der Waals surface area (Å²) < 4.78 is 25.5. The van der Waals surface area contributed by atoms with Crippen LogP contribution in [0.3, 0.4) is 0 Å². The predicted molar refractivity (Wildman–Crippen MR) is 101 cm³/mol. The summed E-state index contributed by atoms with van der Waals surface area (Å²) in [4.78, 5) is 19.2. The maximum atomic E-state index is 12.3. The summed E-state index contributed by atoms with van der Waals surface area (Å²) in [6.07, 6.45) is 9.42. The minimum absolute atomic E-state index is 0.0215. The second kappa shape index (κ2) is 6.30. The van der Waals surface area contributed by atoms with Gasteiger partial charge in [0.25, 0.3) is 0 Å². The van der Waals surface area contributed by atoms with E-state index in [1.165, 1.54) is 12.8 Å². The molecular formula is C19H28N4O3S. The van der Waals surface area contributed by atoms with Crippen LogP contribution in [0.25, 0.3) is 0 Å². The number of aromatic nitrogens is 2. The highest BCUT2D eigenvalue weighted by atomic mass is 32.2. The predicted octanol–water partition coefficient (Wildman–Crippen LogP) is 1.08. The Morgan fingerprint density at radius 2 is 1.93 bits per heavy atom. The number of carbonyl (C=O) groups is 1. The molecule has 1 aromatic rings. The van der Waals surface area contributed by atoms with Crippen molar-refractivity contribution in [3.05, 3.63) is 18.2 Å². The third-order valence-electron chi connectivity index (χ3n) is 6.81. The molecule has 4 heterocycles. The third kappa shape index (κ3) is 3.42. The second-order valence-corrected chi connectivity index (χ2v) is 11.4. The maximum absolute atomic E-state index is 12.3. The fourth-order valence-corrected chi connectivity index (χ4v) is 6.77. The van der Waals surface area contributed by atoms with E-state index in [0.29, 0.717) is 29.8 Å². The lowest BCUT2D eigenvalue weighted by Gasteiger charge is -2.50. The Hall–Kier alpha value is -1.41. The molecule has 2 saturated heterocycles. The number of fused-ring (bicyclic) bond motifs is 2. The molecule has 1 aliphatic carbocycles. The highest BCUT2D eigenvalue weighted by Crippen LogP contribution is 2.45. The van der Waals surface area contributed by atoms with Crippen molar-refractivity contribution in [1.82, 2.24) is 19.8 Å². The van der Waals surface area contributed by atoms with Crippen LogP contribution < -0.4 is 5.32 Å². The zero-order valence-corrected chi connectivity index (χ0v) is 16.5. The van der Waals surface area contributed by atoms with E-state index in [2.05, 4.69) is 19.8 Å². The monoisotopic (exact) mass is 392 g/mol. The second-order valence-electron chi connectivity index (χ2n) is 9.12. The van der Waals surface area contributed by atoms with Crippen molar-refractivity contribution in [3.63, 3.8) is 0 Å². The van der Waals surface area contributed by atoms with Crippen molar-refractivity contribution in [1.29, 1.82) is 0 Å². The van der Waals surface area contributed by atoms with Crippen molar-refractivity contribution in [2.24, 2.45) is 11.8 Å². The zero-order chi connectivity index (χ0) is 18.6. The maximum Gasteiger partial charge on any atom is 0.220 e. The van der Waals surface area contributed by atoms with Gasteiger partial charge in [-0.1, -0.05) is 0 Å². The van der Waals surface area contributed by atoms with Crippen molar-refractivity contribution in [3.8, 4) is 0 Å². The molecule has 8 heteroatoms. The normalized spacial score (nSPS) is 29.4. The van der Waals surface area contributed by atoms with Gasteiger partial charge in [0.15, 0.2) is 0 Å². The number of nitrogens with one attached hydrogen (secondary N) is 1. The van der Waals surface area contributed by atoms with Crippen molar-refractivity contribution in [2.75, 3.05) is 31.1 Å². The zero-order valence-electron chi connectivity index (χ0n) is 15.6. The van der Waals surface area contributed by atoms with Crippen LogP contribution in [0.1, 0.15) is 50.4 Å². The lowest BCUT2D eigenvalue weighted by atomic mass is 9.84. The molecule has 1 spiro atoms. The molecule has 4 aliphatic rings. The van der Waals surface area contributed by atoms with Gasteiger partial charge in [0.05, 0.1) is 23.1 Å². The number of carbonyl (C=O) groups excluding carboxylic acids is 1. The Labute approximate surface area is 160 Å². The molecule has 27 heavy (non-hydrogen) atoms. The number of likely N-dealkylation sites (tertiary alicyclic amines) is 1. The topological polar surface area (TPSA) is 84.3 Å². The SMILES string of the molecule is O=C(CC1CC1)NC1CC2(CN(CC3CCS(=O)(=O)CC3)C2)n2ccnc21. The van der Waals surface area contributed by atoms with E-state index in [4.69, 9.17) is 0 Å². The Kier molecular flexibility index (Phi) is 4.13. The Balaban J connectivity index is 1.19. The van der Waals surface area contributed by atoms with E-state index in [0.717, 1.165) is 44.7 Å².